The van der Waals surface area contributed by atoms with Crippen LogP contribution in [0.15, 0.2) is 30.2 Å². The first-order chi connectivity index (χ1) is 8.79. The second kappa shape index (κ2) is 4.49. The van der Waals surface area contributed by atoms with E-state index in [1.807, 2.05) is 0 Å². The van der Waals surface area contributed by atoms with Crippen LogP contribution in [-0.4, -0.2) is 11.0 Å². The Kier molecular flexibility index (Phi) is 3.13. The number of anilines is 1. The molecule has 1 N–H and O–H groups in total. The van der Waals surface area contributed by atoms with Gasteiger partial charge in [0.25, 0.3) is 5.91 Å². The minimum Gasteiger partial charge on any atom is -0.480 e. The molecule has 19 heavy (non-hydrogen) atoms. The summed E-state index contributed by atoms with van der Waals surface area (Å²) in [6.45, 7) is 1.54. The molecule has 0 saturated heterocycles. The molecule has 2 rings (SSSR count). The Balaban J connectivity index is 2.44. The number of hydrogen-bond donors (Lipinski definition) is 1. The van der Waals surface area contributed by atoms with Crippen LogP contribution < -0.4 is 5.06 Å². The van der Waals surface area contributed by atoms with E-state index >= 15 is 0 Å². The Morgan fingerprint density at radius 1 is 1.37 bits per heavy atom. The van der Waals surface area contributed by atoms with E-state index < -0.39 is 23.6 Å². The maximum atomic E-state index is 12.6. The first-order valence-corrected chi connectivity index (χ1v) is 5.37. The zero-order valence-electron chi connectivity index (χ0n) is 9.86. The third-order valence-electron chi connectivity index (χ3n) is 2.62. The normalized spacial score (nSPS) is 16.1. The van der Waals surface area contributed by atoms with Gasteiger partial charge in [-0.25, -0.2) is 0 Å². The van der Waals surface area contributed by atoms with E-state index in [9.17, 15) is 23.1 Å². The highest BCUT2D eigenvalue weighted by molar-refractivity contribution is 5.93. The van der Waals surface area contributed by atoms with Crippen molar-refractivity contribution in [3.05, 3.63) is 41.3 Å². The minimum absolute atomic E-state index is 0.0422. The molecule has 0 aliphatic carbocycles. The molecule has 1 aromatic rings. The fourth-order valence-electron chi connectivity index (χ4n) is 1.63. The highest BCUT2D eigenvalue weighted by Gasteiger charge is 2.33. The first kappa shape index (κ1) is 13.3. The molecule has 1 aliphatic heterocycles. The highest BCUT2D eigenvalue weighted by atomic mass is 19.4. The van der Waals surface area contributed by atoms with Crippen molar-refractivity contribution >= 4 is 11.6 Å². The number of rotatable bonds is 1. The van der Waals surface area contributed by atoms with Gasteiger partial charge in [0.15, 0.2) is 0 Å². The Bertz CT molecular complexity index is 552. The molecule has 0 bridgehead atoms. The van der Waals surface area contributed by atoms with Crippen LogP contribution in [0.2, 0.25) is 0 Å². The molecule has 102 valence electrons. The second-order valence-electron chi connectivity index (χ2n) is 4.02. The van der Waals surface area contributed by atoms with Crippen LogP contribution in [0.3, 0.4) is 0 Å². The van der Waals surface area contributed by atoms with Crippen molar-refractivity contribution in [1.29, 1.82) is 0 Å². The van der Waals surface area contributed by atoms with Crippen LogP contribution in [0.4, 0.5) is 18.9 Å². The Labute approximate surface area is 106 Å². The van der Waals surface area contributed by atoms with Crippen molar-refractivity contribution in [2.45, 2.75) is 19.5 Å². The van der Waals surface area contributed by atoms with E-state index in [1.165, 1.54) is 6.07 Å². The number of benzene rings is 1. The molecule has 1 heterocycles. The summed E-state index contributed by atoms with van der Waals surface area (Å²) in [5.74, 6) is -1.07. The number of carbonyl (C=O) groups excluding carboxylic acids is 1. The van der Waals surface area contributed by atoms with Gasteiger partial charge in [0.1, 0.15) is 0 Å². The van der Waals surface area contributed by atoms with Gasteiger partial charge in [-0.15, -0.1) is 5.06 Å². The van der Waals surface area contributed by atoms with Gasteiger partial charge in [0, 0.05) is 6.08 Å². The minimum atomic E-state index is -4.51. The molecular formula is C12H10F3NO3. The number of amides is 1. The largest absolute Gasteiger partial charge is 0.480 e. The fourth-order valence-corrected chi connectivity index (χ4v) is 1.63. The van der Waals surface area contributed by atoms with E-state index in [0.717, 1.165) is 18.2 Å². The predicted octanol–water partition coefficient (Wildman–Crippen LogP) is 3.08. The maximum absolute atomic E-state index is 12.6. The van der Waals surface area contributed by atoms with Gasteiger partial charge in [-0.3, -0.25) is 4.79 Å². The van der Waals surface area contributed by atoms with Crippen molar-refractivity contribution < 1.29 is 27.9 Å². The monoisotopic (exact) mass is 273 g/mol. The standard InChI is InChI=1S/C12H10F3NO3/c1-7-2-3-8(12(13,14)15)6-9(7)16-10(17)4-5-11(18)19-16/h2-3,5-6,18H,4H2,1H3. The summed E-state index contributed by atoms with van der Waals surface area (Å²) in [6, 6.07) is 2.97. The van der Waals surface area contributed by atoms with Gasteiger partial charge < -0.3 is 9.94 Å². The van der Waals surface area contributed by atoms with E-state index in [0.29, 0.717) is 10.6 Å². The Morgan fingerprint density at radius 2 is 2.05 bits per heavy atom. The van der Waals surface area contributed by atoms with Crippen molar-refractivity contribution in [2.24, 2.45) is 0 Å². The zero-order chi connectivity index (χ0) is 14.2. The molecule has 7 heteroatoms. The quantitative estimate of drug-likeness (QED) is 0.855. The average molecular weight is 273 g/mol. The number of hydrogen-bond acceptors (Lipinski definition) is 3. The molecule has 1 aliphatic rings. The van der Waals surface area contributed by atoms with Crippen molar-refractivity contribution in [3.63, 3.8) is 0 Å². The Hall–Kier alpha value is -2.18. The highest BCUT2D eigenvalue weighted by Crippen LogP contribution is 2.34. The molecule has 0 saturated carbocycles. The van der Waals surface area contributed by atoms with Gasteiger partial charge in [-0.05, 0) is 24.6 Å². The summed E-state index contributed by atoms with van der Waals surface area (Å²) in [5.41, 5.74) is -0.505. The van der Waals surface area contributed by atoms with Gasteiger partial charge in [0.05, 0.1) is 17.7 Å². The molecule has 0 radical (unpaired) electrons. The SMILES string of the molecule is Cc1ccc(C(F)(F)F)cc1N1OC(O)=CCC1=O. The molecule has 0 spiro atoms. The number of aliphatic hydroxyl groups excluding tert-OH is 1. The summed E-state index contributed by atoms with van der Waals surface area (Å²) >= 11 is 0. The number of carbonyl (C=O) groups is 1. The van der Waals surface area contributed by atoms with Gasteiger partial charge in [-0.2, -0.15) is 13.2 Å². The summed E-state index contributed by atoms with van der Waals surface area (Å²) in [6.07, 6.45) is -3.51. The maximum Gasteiger partial charge on any atom is 0.416 e. The lowest BCUT2D eigenvalue weighted by Crippen LogP contribution is -2.34. The summed E-state index contributed by atoms with van der Waals surface area (Å²) in [5, 5.41) is 9.87. The number of aliphatic hydroxyl groups is 1. The van der Waals surface area contributed by atoms with Crippen LogP contribution in [0, 0.1) is 6.92 Å². The molecule has 4 nitrogen and oxygen atoms in total. The number of alkyl halides is 3. The lowest BCUT2D eigenvalue weighted by molar-refractivity contribution is -0.137. The summed E-state index contributed by atoms with van der Waals surface area (Å²) < 4.78 is 37.9. The Morgan fingerprint density at radius 3 is 2.68 bits per heavy atom. The van der Waals surface area contributed by atoms with Crippen molar-refractivity contribution in [3.8, 4) is 0 Å². The van der Waals surface area contributed by atoms with Gasteiger partial charge >= 0.3 is 12.1 Å². The number of aryl methyl sites for hydroxylation is 1. The number of halogens is 3. The molecule has 1 amide bonds. The van der Waals surface area contributed by atoms with Crippen LogP contribution in [0.5, 0.6) is 0 Å². The fraction of sp³-hybridized carbons (Fsp3) is 0.250. The van der Waals surface area contributed by atoms with Gasteiger partial charge in [0.2, 0.25) is 0 Å². The second-order valence-corrected chi connectivity index (χ2v) is 4.02. The zero-order valence-corrected chi connectivity index (χ0v) is 9.86. The first-order valence-electron chi connectivity index (χ1n) is 5.37. The lowest BCUT2D eigenvalue weighted by atomic mass is 10.1. The van der Waals surface area contributed by atoms with Crippen LogP contribution in [-0.2, 0) is 15.8 Å². The summed E-state index contributed by atoms with van der Waals surface area (Å²) in [4.78, 5) is 16.4. The van der Waals surface area contributed by atoms with Gasteiger partial charge in [-0.1, -0.05) is 6.07 Å². The molecule has 0 fully saturated rings. The number of nitrogens with zero attached hydrogens (tertiary/aromatic N) is 1. The molecule has 0 atom stereocenters. The predicted molar refractivity (Wildman–Crippen MR) is 60.1 cm³/mol. The summed E-state index contributed by atoms with van der Waals surface area (Å²) in [7, 11) is 0. The van der Waals surface area contributed by atoms with Crippen LogP contribution in [0.25, 0.3) is 0 Å². The van der Waals surface area contributed by atoms with Crippen LogP contribution >= 0.6 is 0 Å². The third-order valence-corrected chi connectivity index (χ3v) is 2.62. The smallest absolute Gasteiger partial charge is 0.416 e. The molecule has 1 aromatic carbocycles. The molecule has 0 aromatic heterocycles. The van der Waals surface area contributed by atoms with E-state index in [4.69, 9.17) is 4.84 Å². The topological polar surface area (TPSA) is 49.8 Å². The van der Waals surface area contributed by atoms with Crippen molar-refractivity contribution in [2.75, 3.05) is 5.06 Å². The molecule has 0 unspecified atom stereocenters. The lowest BCUT2D eigenvalue weighted by Gasteiger charge is -2.26. The molecular weight excluding hydrogens is 263 g/mol. The third kappa shape index (κ3) is 2.64. The van der Waals surface area contributed by atoms with Crippen molar-refractivity contribution in [1.82, 2.24) is 0 Å². The van der Waals surface area contributed by atoms with Crippen LogP contribution in [0.1, 0.15) is 17.5 Å². The van der Waals surface area contributed by atoms with E-state index in [-0.39, 0.29) is 12.1 Å². The average Bonchev–Trinajstić information content (AvgIpc) is 2.32. The number of hydroxylamine groups is 1. The van der Waals surface area contributed by atoms with E-state index in [2.05, 4.69) is 0 Å². The van der Waals surface area contributed by atoms with E-state index in [1.54, 1.807) is 6.92 Å².